The van der Waals surface area contributed by atoms with Crippen molar-refractivity contribution in [3.05, 3.63) is 12.2 Å². The predicted molar refractivity (Wildman–Crippen MR) is 36.9 cm³/mol. The summed E-state index contributed by atoms with van der Waals surface area (Å²) in [6.07, 6.45) is 4.49. The summed E-state index contributed by atoms with van der Waals surface area (Å²) in [6, 6.07) is 0. The van der Waals surface area contributed by atoms with E-state index in [9.17, 15) is 0 Å². The van der Waals surface area contributed by atoms with Gasteiger partial charge in [0, 0.05) is 12.1 Å². The molecule has 10 heavy (non-hydrogen) atoms. The van der Waals surface area contributed by atoms with Crippen LogP contribution in [-0.2, 0) is 0 Å². The molecule has 0 radical (unpaired) electrons. The Balaban J connectivity index is 2.52. The zero-order valence-electron chi connectivity index (χ0n) is 5.73. The van der Waals surface area contributed by atoms with Crippen LogP contribution in [0.2, 0.25) is 0 Å². The van der Waals surface area contributed by atoms with Gasteiger partial charge in [0.15, 0.2) is 5.82 Å². The van der Waals surface area contributed by atoms with Crippen molar-refractivity contribution >= 4 is 6.21 Å². The summed E-state index contributed by atoms with van der Waals surface area (Å²) in [6.45, 7) is 2.12. The molecule has 52 valence electrons. The number of nitrogens with zero attached hydrogens (tertiary/aromatic N) is 4. The summed E-state index contributed by atoms with van der Waals surface area (Å²) in [5, 5.41) is 11.8. The summed E-state index contributed by atoms with van der Waals surface area (Å²) in [5.74, 6) is 1.42. The standard InChI is InChI=1S/C6H8N4/c1-5-2-3-8-10-4-7-9-6(5)10/h3-5H,2H2,1H3. The van der Waals surface area contributed by atoms with Gasteiger partial charge in [-0.3, -0.25) is 0 Å². The van der Waals surface area contributed by atoms with Gasteiger partial charge in [-0.2, -0.15) is 5.10 Å². The molecule has 2 heterocycles. The zero-order chi connectivity index (χ0) is 6.97. The highest BCUT2D eigenvalue weighted by Crippen LogP contribution is 2.17. The molecule has 0 aromatic carbocycles. The largest absolute Gasteiger partial charge is 0.205 e. The lowest BCUT2D eigenvalue weighted by atomic mass is 10.1. The number of rotatable bonds is 0. The Bertz CT molecular complexity index is 262. The SMILES string of the molecule is CC1CC=Nn2cnnc21. The van der Waals surface area contributed by atoms with Gasteiger partial charge < -0.3 is 0 Å². The topological polar surface area (TPSA) is 43.1 Å². The molecule has 1 aromatic rings. The van der Waals surface area contributed by atoms with Crippen molar-refractivity contribution in [1.29, 1.82) is 0 Å². The minimum Gasteiger partial charge on any atom is -0.205 e. The first kappa shape index (κ1) is 5.58. The van der Waals surface area contributed by atoms with Gasteiger partial charge in [0.05, 0.1) is 0 Å². The molecule has 0 saturated carbocycles. The fourth-order valence-electron chi connectivity index (χ4n) is 1.05. The van der Waals surface area contributed by atoms with E-state index < -0.39 is 0 Å². The third-order valence-electron chi connectivity index (χ3n) is 1.66. The number of aromatic nitrogens is 3. The first-order valence-corrected chi connectivity index (χ1v) is 3.30. The average Bonchev–Trinajstić information content (AvgIpc) is 2.36. The first-order chi connectivity index (χ1) is 4.88. The maximum absolute atomic E-state index is 4.07. The van der Waals surface area contributed by atoms with Crippen molar-refractivity contribution in [2.75, 3.05) is 0 Å². The van der Waals surface area contributed by atoms with Crippen LogP contribution >= 0.6 is 0 Å². The molecule has 4 heteroatoms. The van der Waals surface area contributed by atoms with E-state index in [-0.39, 0.29) is 0 Å². The maximum atomic E-state index is 4.07. The van der Waals surface area contributed by atoms with E-state index in [4.69, 9.17) is 0 Å². The molecule has 0 fully saturated rings. The van der Waals surface area contributed by atoms with E-state index in [1.165, 1.54) is 0 Å². The zero-order valence-corrected chi connectivity index (χ0v) is 5.73. The van der Waals surface area contributed by atoms with E-state index in [0.29, 0.717) is 5.92 Å². The van der Waals surface area contributed by atoms with Crippen molar-refractivity contribution in [3.63, 3.8) is 0 Å². The second-order valence-electron chi connectivity index (χ2n) is 2.47. The molecule has 1 aromatic heterocycles. The third kappa shape index (κ3) is 0.650. The van der Waals surface area contributed by atoms with E-state index in [2.05, 4.69) is 22.2 Å². The van der Waals surface area contributed by atoms with Crippen LogP contribution in [0.4, 0.5) is 0 Å². The van der Waals surface area contributed by atoms with E-state index in [1.54, 1.807) is 11.0 Å². The Kier molecular flexibility index (Phi) is 1.06. The molecule has 0 aliphatic carbocycles. The normalized spacial score (nSPS) is 22.7. The Morgan fingerprint density at radius 3 is 3.40 bits per heavy atom. The summed E-state index contributed by atoms with van der Waals surface area (Å²) >= 11 is 0. The Labute approximate surface area is 58.6 Å². The number of hydrogen-bond donors (Lipinski definition) is 0. The number of fused-ring (bicyclic) bond motifs is 1. The predicted octanol–water partition coefficient (Wildman–Crippen LogP) is 0.619. The Morgan fingerprint density at radius 2 is 2.60 bits per heavy atom. The molecule has 1 aliphatic heterocycles. The fraction of sp³-hybridized carbons (Fsp3) is 0.500. The summed E-state index contributed by atoms with van der Waals surface area (Å²) in [7, 11) is 0. The van der Waals surface area contributed by atoms with Gasteiger partial charge in [-0.1, -0.05) is 6.92 Å². The molecule has 0 N–H and O–H groups in total. The van der Waals surface area contributed by atoms with Gasteiger partial charge in [-0.15, -0.1) is 10.2 Å². The smallest absolute Gasteiger partial charge is 0.157 e. The Hall–Kier alpha value is -1.19. The highest BCUT2D eigenvalue weighted by atomic mass is 15.4. The molecule has 0 bridgehead atoms. The monoisotopic (exact) mass is 136 g/mol. The molecular formula is C6H8N4. The van der Waals surface area contributed by atoms with Crippen LogP contribution in [0.1, 0.15) is 25.1 Å². The van der Waals surface area contributed by atoms with Crippen LogP contribution in [0.5, 0.6) is 0 Å². The van der Waals surface area contributed by atoms with Crippen molar-refractivity contribution in [3.8, 4) is 0 Å². The molecule has 1 aliphatic rings. The van der Waals surface area contributed by atoms with E-state index >= 15 is 0 Å². The first-order valence-electron chi connectivity index (χ1n) is 3.30. The van der Waals surface area contributed by atoms with Crippen LogP contribution < -0.4 is 0 Å². The maximum Gasteiger partial charge on any atom is 0.157 e. The third-order valence-corrected chi connectivity index (χ3v) is 1.66. The summed E-state index contributed by atoms with van der Waals surface area (Å²) in [5.41, 5.74) is 0. The molecule has 4 nitrogen and oxygen atoms in total. The average molecular weight is 136 g/mol. The van der Waals surface area contributed by atoms with Gasteiger partial charge in [0.2, 0.25) is 0 Å². The van der Waals surface area contributed by atoms with Gasteiger partial charge in [-0.25, -0.2) is 4.68 Å². The minimum absolute atomic E-state index is 0.458. The van der Waals surface area contributed by atoms with Crippen molar-refractivity contribution < 1.29 is 0 Å². The molecule has 2 rings (SSSR count). The lowest BCUT2D eigenvalue weighted by molar-refractivity contribution is 0.645. The van der Waals surface area contributed by atoms with Crippen molar-refractivity contribution in [2.45, 2.75) is 19.3 Å². The molecule has 0 saturated heterocycles. The van der Waals surface area contributed by atoms with Crippen molar-refractivity contribution in [1.82, 2.24) is 14.9 Å². The molecule has 1 unspecified atom stereocenters. The van der Waals surface area contributed by atoms with E-state index in [0.717, 1.165) is 12.2 Å². The highest BCUT2D eigenvalue weighted by Gasteiger charge is 2.14. The van der Waals surface area contributed by atoms with Crippen LogP contribution in [0.25, 0.3) is 0 Å². The van der Waals surface area contributed by atoms with Gasteiger partial charge in [0.25, 0.3) is 0 Å². The molecule has 0 amide bonds. The Morgan fingerprint density at radius 1 is 1.70 bits per heavy atom. The lowest BCUT2D eigenvalue weighted by Gasteiger charge is -2.10. The highest BCUT2D eigenvalue weighted by molar-refractivity contribution is 5.59. The molecule has 0 spiro atoms. The second kappa shape index (κ2) is 1.90. The fourth-order valence-corrected chi connectivity index (χ4v) is 1.05. The van der Waals surface area contributed by atoms with Crippen molar-refractivity contribution in [2.24, 2.45) is 5.10 Å². The van der Waals surface area contributed by atoms with Crippen LogP contribution in [-0.4, -0.2) is 21.1 Å². The quantitative estimate of drug-likeness (QED) is 0.524. The van der Waals surface area contributed by atoms with Crippen LogP contribution in [0.15, 0.2) is 11.4 Å². The van der Waals surface area contributed by atoms with Gasteiger partial charge in [0.1, 0.15) is 6.33 Å². The van der Waals surface area contributed by atoms with Crippen LogP contribution in [0.3, 0.4) is 0 Å². The second-order valence-corrected chi connectivity index (χ2v) is 2.47. The molecular weight excluding hydrogens is 128 g/mol. The number of hydrogen-bond acceptors (Lipinski definition) is 3. The lowest BCUT2D eigenvalue weighted by Crippen LogP contribution is -2.08. The molecule has 1 atom stereocenters. The van der Waals surface area contributed by atoms with E-state index in [1.807, 2.05) is 6.21 Å². The summed E-state index contributed by atoms with van der Waals surface area (Å²) < 4.78 is 1.72. The minimum atomic E-state index is 0.458. The van der Waals surface area contributed by atoms with Gasteiger partial charge >= 0.3 is 0 Å². The van der Waals surface area contributed by atoms with Gasteiger partial charge in [-0.05, 0) is 6.42 Å². The summed E-state index contributed by atoms with van der Waals surface area (Å²) in [4.78, 5) is 0. The van der Waals surface area contributed by atoms with Crippen LogP contribution in [0, 0.1) is 0 Å².